The maximum Gasteiger partial charge on any atom is 0.318 e. The number of rotatable bonds is 9. The lowest BCUT2D eigenvalue weighted by Crippen LogP contribution is -2.55. The third kappa shape index (κ3) is 5.69. The van der Waals surface area contributed by atoms with Crippen LogP contribution in [-0.4, -0.2) is 84.6 Å². The zero-order chi connectivity index (χ0) is 31.0. The van der Waals surface area contributed by atoms with Crippen LogP contribution in [-0.2, 0) is 17.8 Å². The number of anilines is 2. The fraction of sp³-hybridized carbons (Fsp3) is 0.471. The van der Waals surface area contributed by atoms with Gasteiger partial charge in [-0.25, -0.2) is 0 Å². The lowest BCUT2D eigenvalue weighted by atomic mass is 9.98. The topological polar surface area (TPSA) is 88.8 Å². The van der Waals surface area contributed by atoms with Gasteiger partial charge in [-0.1, -0.05) is 42.4 Å². The molecule has 3 heterocycles. The van der Waals surface area contributed by atoms with Gasteiger partial charge in [-0.2, -0.15) is 15.2 Å². The van der Waals surface area contributed by atoms with Crippen molar-refractivity contribution in [3.63, 3.8) is 0 Å². The van der Waals surface area contributed by atoms with E-state index in [2.05, 4.69) is 72.6 Å². The molecule has 3 aliphatic rings. The van der Waals surface area contributed by atoms with E-state index in [-0.39, 0.29) is 23.8 Å². The van der Waals surface area contributed by atoms with Crippen molar-refractivity contribution in [2.45, 2.75) is 51.2 Å². The van der Waals surface area contributed by atoms with Gasteiger partial charge in [0.25, 0.3) is 0 Å². The largest absolute Gasteiger partial charge is 0.463 e. The second-order valence-corrected chi connectivity index (χ2v) is 12.9. The first-order valence-corrected chi connectivity index (χ1v) is 15.8. The average molecular weight is 614 g/mol. The number of ether oxygens (including phenoxy) is 1. The maximum atomic E-state index is 12.6. The van der Waals surface area contributed by atoms with Crippen LogP contribution in [0.25, 0.3) is 10.8 Å². The summed E-state index contributed by atoms with van der Waals surface area (Å²) in [6.45, 7) is 9.47. The summed E-state index contributed by atoms with van der Waals surface area (Å²) in [4.78, 5) is 31.2. The third-order valence-corrected chi connectivity index (χ3v) is 10.1. The molecule has 230 valence electrons. The second kappa shape index (κ2) is 12.3. The molecule has 0 spiro atoms. The van der Waals surface area contributed by atoms with E-state index in [9.17, 15) is 10.1 Å². The summed E-state index contributed by atoms with van der Waals surface area (Å²) in [5.74, 6) is 0.701. The number of carbonyl (C=O) groups is 1. The van der Waals surface area contributed by atoms with Gasteiger partial charge in [-0.05, 0) is 63.9 Å². The van der Waals surface area contributed by atoms with Gasteiger partial charge in [-0.3, -0.25) is 4.79 Å². The monoisotopic (exact) mass is 613 g/mol. The molecule has 0 N–H and O–H groups in total. The number of carbonyl (C=O) groups excluding carboxylic acids is 1. The van der Waals surface area contributed by atoms with Crippen molar-refractivity contribution < 1.29 is 9.53 Å². The van der Waals surface area contributed by atoms with E-state index >= 15 is 0 Å². The Kier molecular flexibility index (Phi) is 8.40. The van der Waals surface area contributed by atoms with Crippen molar-refractivity contribution in [2.75, 3.05) is 56.7 Å². The average Bonchev–Trinajstić information content (AvgIpc) is 3.83. The van der Waals surface area contributed by atoms with Gasteiger partial charge in [-0.15, -0.1) is 0 Å². The molecular weight excluding hydrogens is 574 g/mol. The van der Waals surface area contributed by atoms with Crippen molar-refractivity contribution in [3.8, 4) is 12.1 Å². The zero-order valence-electron chi connectivity index (χ0n) is 25.8. The molecule has 2 atom stereocenters. The van der Waals surface area contributed by atoms with Gasteiger partial charge >= 0.3 is 6.01 Å². The lowest BCUT2D eigenvalue weighted by Gasteiger charge is -2.42. The van der Waals surface area contributed by atoms with E-state index in [0.717, 1.165) is 64.4 Å². The van der Waals surface area contributed by atoms with Crippen LogP contribution >= 0.6 is 11.6 Å². The maximum absolute atomic E-state index is 12.6. The van der Waals surface area contributed by atoms with Crippen molar-refractivity contribution in [1.82, 2.24) is 19.8 Å². The fourth-order valence-corrected chi connectivity index (χ4v) is 7.07. The smallest absolute Gasteiger partial charge is 0.318 e. The lowest BCUT2D eigenvalue weighted by molar-refractivity contribution is -0.128. The van der Waals surface area contributed by atoms with Gasteiger partial charge in [0, 0.05) is 54.3 Å². The highest BCUT2D eigenvalue weighted by molar-refractivity contribution is 6.36. The van der Waals surface area contributed by atoms with Crippen molar-refractivity contribution in [1.29, 1.82) is 5.26 Å². The zero-order valence-corrected chi connectivity index (χ0v) is 26.6. The van der Waals surface area contributed by atoms with E-state index in [4.69, 9.17) is 26.3 Å². The molecule has 2 fully saturated rings. The van der Waals surface area contributed by atoms with Gasteiger partial charge in [0.1, 0.15) is 5.82 Å². The number of hydrogen-bond donors (Lipinski definition) is 0. The quantitative estimate of drug-likeness (QED) is 0.309. The highest BCUT2D eigenvalue weighted by Gasteiger charge is 2.49. The molecule has 1 amide bonds. The fourth-order valence-electron chi connectivity index (χ4n) is 6.79. The summed E-state index contributed by atoms with van der Waals surface area (Å²) in [5.41, 5.74) is 3.22. The standard InChI is InChI=1S/C34H40ClN7O2/c1-5-30(43)42-19-18-41(20-25(42)12-16-36)32-26-13-17-40(29-11-7-9-24-8-6-10-27(35)31(24)29)21-28(26)37-33(38-32)44-22-34(14-15-34)23(2)39(3)4/h5-11,23,25H,1,12-15,17-22H2,2-4H3/t23-,25?/m0/s1. The Morgan fingerprint density at radius 1 is 1.20 bits per heavy atom. The molecule has 6 rings (SSSR count). The van der Waals surface area contributed by atoms with Crippen molar-refractivity contribution >= 4 is 39.8 Å². The molecule has 0 bridgehead atoms. The van der Waals surface area contributed by atoms with Crippen molar-refractivity contribution in [2.24, 2.45) is 5.41 Å². The van der Waals surface area contributed by atoms with E-state index < -0.39 is 0 Å². The minimum absolute atomic E-state index is 0.100. The van der Waals surface area contributed by atoms with E-state index in [0.29, 0.717) is 44.8 Å². The number of piperazine rings is 1. The summed E-state index contributed by atoms with van der Waals surface area (Å²) in [7, 11) is 4.22. The Labute approximate surface area is 264 Å². The first-order chi connectivity index (χ1) is 21.2. The van der Waals surface area contributed by atoms with Crippen molar-refractivity contribution in [3.05, 3.63) is 65.3 Å². The van der Waals surface area contributed by atoms with E-state index in [1.807, 2.05) is 12.1 Å². The Bertz CT molecular complexity index is 1610. The van der Waals surface area contributed by atoms with Crippen LogP contribution in [0.1, 0.15) is 37.4 Å². The molecule has 9 nitrogen and oxygen atoms in total. The Morgan fingerprint density at radius 3 is 2.68 bits per heavy atom. The summed E-state index contributed by atoms with van der Waals surface area (Å²) in [6, 6.07) is 15.1. The summed E-state index contributed by atoms with van der Waals surface area (Å²) in [6.07, 6.45) is 4.56. The number of nitrogens with zero attached hydrogens (tertiary/aromatic N) is 7. The molecular formula is C34H40ClN7O2. The molecule has 44 heavy (non-hydrogen) atoms. The minimum atomic E-state index is -0.247. The second-order valence-electron chi connectivity index (χ2n) is 12.5. The van der Waals surface area contributed by atoms with E-state index in [1.54, 1.807) is 4.90 Å². The molecule has 1 unspecified atom stereocenters. The SMILES string of the molecule is C=CC(=O)N1CCN(c2nc(OCC3([C@H](C)N(C)C)CC3)nc3c2CCN(c2cccc4cccc(Cl)c24)C3)CC1CC#N. The molecule has 10 heteroatoms. The van der Waals surface area contributed by atoms with Gasteiger partial charge < -0.3 is 24.3 Å². The molecule has 1 saturated heterocycles. The molecule has 1 aliphatic carbocycles. The molecule has 2 aromatic carbocycles. The van der Waals surface area contributed by atoms with Crippen LogP contribution in [0, 0.1) is 16.7 Å². The summed E-state index contributed by atoms with van der Waals surface area (Å²) in [5, 5.41) is 12.4. The predicted molar refractivity (Wildman–Crippen MR) is 174 cm³/mol. The highest BCUT2D eigenvalue weighted by atomic mass is 35.5. The number of benzene rings is 2. The molecule has 2 aliphatic heterocycles. The summed E-state index contributed by atoms with van der Waals surface area (Å²) >= 11 is 6.72. The molecule has 1 saturated carbocycles. The van der Waals surface area contributed by atoms with Crippen LogP contribution in [0.15, 0.2) is 49.1 Å². The minimum Gasteiger partial charge on any atom is -0.463 e. The van der Waals surface area contributed by atoms with Gasteiger partial charge in [0.05, 0.1) is 42.4 Å². The van der Waals surface area contributed by atoms with E-state index in [1.165, 1.54) is 6.08 Å². The number of aromatic nitrogens is 2. The van der Waals surface area contributed by atoms with Crippen LogP contribution in [0.2, 0.25) is 5.02 Å². The highest BCUT2D eigenvalue weighted by Crippen LogP contribution is 2.50. The molecule has 1 aromatic heterocycles. The Hall–Kier alpha value is -3.87. The van der Waals surface area contributed by atoms with Crippen LogP contribution in [0.5, 0.6) is 6.01 Å². The molecule has 0 radical (unpaired) electrons. The Morgan fingerprint density at radius 2 is 1.98 bits per heavy atom. The first kappa shape index (κ1) is 30.2. The predicted octanol–water partition coefficient (Wildman–Crippen LogP) is 5.07. The number of halogens is 1. The van der Waals surface area contributed by atoms with Crippen LogP contribution in [0.3, 0.4) is 0 Å². The van der Waals surface area contributed by atoms with Gasteiger partial charge in [0.2, 0.25) is 5.91 Å². The number of fused-ring (bicyclic) bond motifs is 2. The number of nitriles is 1. The number of amides is 1. The summed E-state index contributed by atoms with van der Waals surface area (Å²) < 4.78 is 6.44. The Balaban J connectivity index is 1.35. The number of hydrogen-bond acceptors (Lipinski definition) is 8. The first-order valence-electron chi connectivity index (χ1n) is 15.4. The van der Waals surface area contributed by atoms with Gasteiger partial charge in [0.15, 0.2) is 0 Å². The normalized spacial score (nSPS) is 19.8. The molecule has 3 aromatic rings. The van der Waals surface area contributed by atoms with Crippen LogP contribution < -0.4 is 14.5 Å². The third-order valence-electron chi connectivity index (χ3n) is 9.80. The van der Waals surface area contributed by atoms with Crippen LogP contribution in [0.4, 0.5) is 11.5 Å².